The summed E-state index contributed by atoms with van der Waals surface area (Å²) < 4.78 is 57.4. The fourth-order valence-corrected chi connectivity index (χ4v) is 28.9. The van der Waals surface area contributed by atoms with E-state index in [1.54, 1.807) is 45.3 Å². The molecule has 10 heterocycles. The maximum Gasteiger partial charge on any atom is 0.340 e. The summed E-state index contributed by atoms with van der Waals surface area (Å²) in [5.41, 5.74) is 9.24. The molecule has 0 aliphatic rings. The van der Waals surface area contributed by atoms with Crippen molar-refractivity contribution in [2.24, 2.45) is 0 Å². The van der Waals surface area contributed by atoms with Crippen LogP contribution in [0.4, 0.5) is 0 Å². The second-order valence-corrected chi connectivity index (χ2v) is 47.0. The standard InChI is InChI=1S/C113H152N4O7S10/c1-9-16-23-30-37-39-41-43-50-57-76-123-112(118)98-83-78-95(89-67-69-91(129-89)97-80(8)107(120-73-54-47-34-27-20-13-5)100(104-103(97)114-133-115-104)92-70-65-87(127-92)85-63-61-81(125-85)59-52-45-32-25-18-11-3)131-110(83)99(113(119)124-77-58-51-44-42-40-38-31-24-17-10-2)84-79-96(132-111(84)98)90-68-72-94(130-90)102-106-105(116-134-117-106)101(93-71-66-88(128-93)86-64-62-82(126-86)60-53-46-33-26-19-12-4)108(121-74-55-48-35-28-21-14-6)109(102)122-75-56-49-36-29-22-15-7/h61-72,78-79H,9-60,73-77H2,1-8H3. The lowest BCUT2D eigenvalue weighted by molar-refractivity contribution is 0.0490. The average Bonchev–Trinajstić information content (AvgIpc) is 1.56. The molecule has 0 atom stereocenters. The lowest BCUT2D eigenvalue weighted by Crippen LogP contribution is -2.11. The van der Waals surface area contributed by atoms with Crippen molar-refractivity contribution in [3.05, 3.63) is 111 Å². The number of aromatic nitrogens is 4. The molecule has 0 amide bonds. The molecule has 0 unspecified atom stereocenters. The van der Waals surface area contributed by atoms with Gasteiger partial charge in [-0.15, -0.1) is 90.7 Å². The lowest BCUT2D eigenvalue weighted by atomic mass is 9.98. The summed E-state index contributed by atoms with van der Waals surface area (Å²) in [6.07, 6.45) is 61.9. The Bertz CT molecular complexity index is 5540. The van der Waals surface area contributed by atoms with Crippen LogP contribution in [0.3, 0.4) is 0 Å². The Morgan fingerprint density at radius 3 is 0.806 bits per heavy atom. The molecular weight excluding hydrogens is 1850 g/mol. The van der Waals surface area contributed by atoms with Crippen molar-refractivity contribution in [1.29, 1.82) is 0 Å². The highest BCUT2D eigenvalue weighted by Crippen LogP contribution is 2.57. The Morgan fingerprint density at radius 2 is 0.485 bits per heavy atom. The van der Waals surface area contributed by atoms with E-state index in [9.17, 15) is 0 Å². The Balaban J connectivity index is 0.897. The number of nitrogens with zero attached hydrogens (tertiary/aromatic N) is 4. The minimum Gasteiger partial charge on any atom is -0.493 e. The van der Waals surface area contributed by atoms with Gasteiger partial charge < -0.3 is 23.7 Å². The summed E-state index contributed by atoms with van der Waals surface area (Å²) in [5.74, 6) is 1.58. The zero-order chi connectivity index (χ0) is 93.3. The van der Waals surface area contributed by atoms with Crippen LogP contribution in [0.25, 0.3) is 123 Å². The van der Waals surface area contributed by atoms with Crippen LogP contribution in [0.5, 0.6) is 17.2 Å². The maximum atomic E-state index is 15.9. The zero-order valence-electron chi connectivity index (χ0n) is 82.1. The van der Waals surface area contributed by atoms with E-state index in [4.69, 9.17) is 41.2 Å². The van der Waals surface area contributed by atoms with Crippen LogP contribution in [0.1, 0.15) is 406 Å². The van der Waals surface area contributed by atoms with Gasteiger partial charge in [-0.25, -0.2) is 9.59 Å². The Kier molecular flexibility index (Phi) is 45.6. The number of ether oxygens (including phenoxy) is 5. The summed E-state index contributed by atoms with van der Waals surface area (Å²) in [7, 11) is 0. The Morgan fingerprint density at radius 1 is 0.246 bits per heavy atom. The maximum absolute atomic E-state index is 15.9. The third-order valence-corrected chi connectivity index (χ3v) is 37.2. The van der Waals surface area contributed by atoms with Crippen molar-refractivity contribution < 1.29 is 33.3 Å². The molecule has 0 radical (unpaired) electrons. The van der Waals surface area contributed by atoms with Gasteiger partial charge in [-0.1, -0.05) is 325 Å². The first kappa shape index (κ1) is 105. The number of unbranched alkanes of at least 4 members (excludes halogenated alkanes) is 43. The lowest BCUT2D eigenvalue weighted by Gasteiger charge is -2.20. The number of esters is 2. The fraction of sp³-hybridized carbons (Fsp3) is 0.575. The summed E-state index contributed by atoms with van der Waals surface area (Å²) in [5, 5.41) is 1.41. The number of hydrogen-bond acceptors (Lipinski definition) is 21. The molecule has 13 rings (SSSR count). The summed E-state index contributed by atoms with van der Waals surface area (Å²) in [6, 6.07) is 31.7. The smallest absolute Gasteiger partial charge is 0.340 e. The van der Waals surface area contributed by atoms with Crippen molar-refractivity contribution in [1.82, 2.24) is 17.5 Å². The highest BCUT2D eigenvalue weighted by molar-refractivity contribution is 7.29. The van der Waals surface area contributed by atoms with E-state index in [1.165, 1.54) is 297 Å². The molecule has 0 spiro atoms. The first-order valence-electron chi connectivity index (χ1n) is 52.5. The molecule has 13 aromatic rings. The molecule has 0 saturated heterocycles. The van der Waals surface area contributed by atoms with Gasteiger partial charge in [0.15, 0.2) is 11.5 Å². The molecular formula is C113H152N4O7S10. The number of carbonyl (C=O) groups excluding carboxylic acids is 2. The zero-order valence-corrected chi connectivity index (χ0v) is 90.3. The molecule has 134 heavy (non-hydrogen) atoms. The topological polar surface area (TPSA) is 132 Å². The molecule has 0 bridgehead atoms. The van der Waals surface area contributed by atoms with E-state index < -0.39 is 0 Å². The highest BCUT2D eigenvalue weighted by Gasteiger charge is 2.34. The van der Waals surface area contributed by atoms with Gasteiger partial charge in [0.25, 0.3) is 0 Å². The largest absolute Gasteiger partial charge is 0.493 e. The van der Waals surface area contributed by atoms with E-state index in [0.717, 1.165) is 200 Å². The second kappa shape index (κ2) is 58.1. The molecule has 3 aromatic carbocycles. The van der Waals surface area contributed by atoms with Gasteiger partial charge in [0, 0.05) is 90.2 Å². The van der Waals surface area contributed by atoms with Crippen molar-refractivity contribution >= 4 is 168 Å². The fourth-order valence-electron chi connectivity index (χ4n) is 18.6. The number of benzene rings is 3. The van der Waals surface area contributed by atoms with E-state index in [-0.39, 0.29) is 11.9 Å². The monoisotopic (exact) mass is 2000 g/mol. The van der Waals surface area contributed by atoms with Crippen LogP contribution < -0.4 is 14.2 Å². The number of aryl methyl sites for hydroxylation is 2. The SMILES string of the molecule is CCCCCCCCCCCCOC(=O)c1c2cc(-c3ccc(-c4c(OCCCCCCCC)c(OCCCCCCCC)c(-c5ccc(-c6ccc(CCCCCCCC)s6)s5)c5nsnc45)s3)sc2c(C(=O)OCCCCCCCCCCCC)c2cc(-c3ccc(-c4c(C)c(OCCCCCCCC)c(-c5ccc(-c6ccc(CCCCCCCC)s6)s5)c5nsnc45)s3)sc12. The molecule has 0 fully saturated rings. The minimum atomic E-state index is -0.373. The van der Waals surface area contributed by atoms with E-state index >= 15 is 9.59 Å². The quantitative estimate of drug-likeness (QED) is 0.0267. The highest BCUT2D eigenvalue weighted by atomic mass is 32.1. The second-order valence-electron chi connectivity index (χ2n) is 37.2. The third kappa shape index (κ3) is 29.7. The Hall–Kier alpha value is -6.24. The van der Waals surface area contributed by atoms with Crippen molar-refractivity contribution in [2.45, 2.75) is 389 Å². The number of thiophene rings is 8. The van der Waals surface area contributed by atoms with Gasteiger partial charge in [-0.2, -0.15) is 17.5 Å². The van der Waals surface area contributed by atoms with Crippen molar-refractivity contribution in [2.75, 3.05) is 33.0 Å². The van der Waals surface area contributed by atoms with Crippen LogP contribution in [0.15, 0.2) is 84.9 Å². The Labute approximate surface area is 843 Å². The first-order chi connectivity index (χ1) is 66.1. The summed E-state index contributed by atoms with van der Waals surface area (Å²) in [6.45, 7) is 20.5. The van der Waals surface area contributed by atoms with Crippen LogP contribution >= 0.6 is 114 Å². The van der Waals surface area contributed by atoms with Gasteiger partial charge in [-0.05, 0) is 150 Å². The van der Waals surface area contributed by atoms with E-state index in [0.29, 0.717) is 60.7 Å². The molecule has 0 N–H and O–H groups in total. The van der Waals surface area contributed by atoms with Crippen LogP contribution in [-0.2, 0) is 22.3 Å². The predicted octanol–water partition coefficient (Wildman–Crippen LogP) is 40.3. The van der Waals surface area contributed by atoms with Gasteiger partial charge in [0.2, 0.25) is 0 Å². The van der Waals surface area contributed by atoms with Crippen LogP contribution in [0.2, 0.25) is 0 Å². The molecule has 21 heteroatoms. The molecule has 0 aliphatic carbocycles. The molecule has 11 nitrogen and oxygen atoms in total. The number of fused-ring (bicyclic) bond motifs is 4. The van der Waals surface area contributed by atoms with Crippen LogP contribution in [-0.4, -0.2) is 62.5 Å². The number of carbonyl (C=O) groups is 2. The first-order valence-corrected chi connectivity index (χ1v) is 60.5. The van der Waals surface area contributed by atoms with E-state index in [2.05, 4.69) is 140 Å². The van der Waals surface area contributed by atoms with Crippen LogP contribution in [0, 0.1) is 6.92 Å². The number of rotatable bonds is 70. The minimum absolute atomic E-state index is 0.305. The van der Waals surface area contributed by atoms with Gasteiger partial charge >= 0.3 is 11.9 Å². The van der Waals surface area contributed by atoms with Gasteiger partial charge in [-0.3, -0.25) is 0 Å². The predicted molar refractivity (Wildman–Crippen MR) is 590 cm³/mol. The van der Waals surface area contributed by atoms with Crippen molar-refractivity contribution in [3.8, 4) is 98.0 Å². The molecule has 726 valence electrons. The normalized spacial score (nSPS) is 11.9. The average molecular weight is 2000 g/mol. The summed E-state index contributed by atoms with van der Waals surface area (Å²) in [4.78, 5) is 47.9. The summed E-state index contributed by atoms with van der Waals surface area (Å²) >= 11 is 16.5. The van der Waals surface area contributed by atoms with Crippen molar-refractivity contribution in [3.63, 3.8) is 0 Å². The van der Waals surface area contributed by atoms with Gasteiger partial charge in [0.1, 0.15) is 27.8 Å². The molecule has 0 aliphatic heterocycles. The molecule has 0 saturated carbocycles. The number of hydrogen-bond donors (Lipinski definition) is 0. The molecule has 10 aromatic heterocycles. The van der Waals surface area contributed by atoms with Gasteiger partial charge in [0.05, 0.1) is 93.7 Å². The van der Waals surface area contributed by atoms with E-state index in [1.807, 2.05) is 45.3 Å². The third-order valence-electron chi connectivity index (χ3n) is 26.3.